The van der Waals surface area contributed by atoms with Crippen molar-refractivity contribution in [2.45, 2.75) is 166 Å². The van der Waals surface area contributed by atoms with Crippen LogP contribution in [0.5, 0.6) is 0 Å². The average molecular weight is 707 g/mol. The summed E-state index contributed by atoms with van der Waals surface area (Å²) in [5.74, 6) is -0.360. The van der Waals surface area contributed by atoms with E-state index in [2.05, 4.69) is 74.6 Å². The maximum Gasteiger partial charge on any atom is 0.306 e. The van der Waals surface area contributed by atoms with Crippen LogP contribution in [0, 0.1) is 0 Å². The molecule has 50 heavy (non-hydrogen) atoms. The van der Waals surface area contributed by atoms with Crippen LogP contribution in [0.15, 0.2) is 60.8 Å². The molecule has 1 fully saturated rings. The van der Waals surface area contributed by atoms with E-state index in [0.29, 0.717) is 13.0 Å². The molecular formula is C41H70O9. The van der Waals surface area contributed by atoms with Gasteiger partial charge in [0, 0.05) is 13.0 Å². The first kappa shape index (κ1) is 45.9. The molecule has 0 saturated carbocycles. The van der Waals surface area contributed by atoms with Crippen LogP contribution in [-0.2, 0) is 23.7 Å². The summed E-state index contributed by atoms with van der Waals surface area (Å²) in [7, 11) is 0. The highest BCUT2D eigenvalue weighted by molar-refractivity contribution is 5.69. The molecule has 1 rings (SSSR count). The van der Waals surface area contributed by atoms with Gasteiger partial charge in [-0.3, -0.25) is 4.79 Å². The Hall–Kier alpha value is -2.11. The van der Waals surface area contributed by atoms with Crippen molar-refractivity contribution < 1.29 is 44.2 Å². The molecule has 1 aliphatic heterocycles. The van der Waals surface area contributed by atoms with Crippen molar-refractivity contribution in [1.82, 2.24) is 0 Å². The number of hydrogen-bond donors (Lipinski definition) is 4. The maximum atomic E-state index is 12.7. The van der Waals surface area contributed by atoms with Crippen molar-refractivity contribution in [3.05, 3.63) is 60.8 Å². The molecule has 0 amide bonds. The number of carbonyl (C=O) groups is 1. The smallest absolute Gasteiger partial charge is 0.306 e. The monoisotopic (exact) mass is 707 g/mol. The molecule has 6 atom stereocenters. The van der Waals surface area contributed by atoms with Crippen LogP contribution in [0.2, 0.25) is 0 Å². The normalized spacial score (nSPS) is 22.2. The third-order valence-electron chi connectivity index (χ3n) is 8.42. The van der Waals surface area contributed by atoms with Crippen LogP contribution in [0.1, 0.15) is 129 Å². The molecule has 1 heterocycles. The molecule has 9 heteroatoms. The summed E-state index contributed by atoms with van der Waals surface area (Å²) in [6.45, 7) is 4.31. The van der Waals surface area contributed by atoms with Crippen LogP contribution in [0.25, 0.3) is 0 Å². The Bertz CT molecular complexity index is 942. The van der Waals surface area contributed by atoms with Gasteiger partial charge in [-0.1, -0.05) is 113 Å². The van der Waals surface area contributed by atoms with Gasteiger partial charge in [-0.05, 0) is 70.6 Å². The molecule has 0 aliphatic carbocycles. The molecule has 0 bridgehead atoms. The number of hydrogen-bond acceptors (Lipinski definition) is 9. The molecular weight excluding hydrogens is 636 g/mol. The summed E-state index contributed by atoms with van der Waals surface area (Å²) in [6, 6.07) is 0. The fourth-order valence-electron chi connectivity index (χ4n) is 5.34. The number of unbranched alkanes of at least 4 members (excludes halogenated alkanes) is 10. The minimum absolute atomic E-state index is 0.121. The van der Waals surface area contributed by atoms with Gasteiger partial charge in [-0.2, -0.15) is 0 Å². The SMILES string of the molecule is CC/C=C\C/C=C\C/C=C\C/C=C\CCCCC(=O)OC(COCCCCCCCC/C=C\CCCC)COC1OC(CO)C(O)C(O)C1O. The van der Waals surface area contributed by atoms with Crippen molar-refractivity contribution in [1.29, 1.82) is 0 Å². The highest BCUT2D eigenvalue weighted by atomic mass is 16.7. The molecule has 4 N–H and O–H groups in total. The van der Waals surface area contributed by atoms with Gasteiger partial charge in [0.05, 0.1) is 19.8 Å². The minimum Gasteiger partial charge on any atom is -0.457 e. The first-order valence-corrected chi connectivity index (χ1v) is 19.4. The van der Waals surface area contributed by atoms with Gasteiger partial charge in [-0.15, -0.1) is 0 Å². The molecule has 1 saturated heterocycles. The fourth-order valence-corrected chi connectivity index (χ4v) is 5.34. The van der Waals surface area contributed by atoms with Crippen LogP contribution >= 0.6 is 0 Å². The number of esters is 1. The van der Waals surface area contributed by atoms with Gasteiger partial charge in [0.15, 0.2) is 6.29 Å². The van der Waals surface area contributed by atoms with Crippen LogP contribution in [0.3, 0.4) is 0 Å². The predicted octanol–water partition coefficient (Wildman–Crippen LogP) is 7.57. The zero-order valence-corrected chi connectivity index (χ0v) is 31.1. The van der Waals surface area contributed by atoms with E-state index in [4.69, 9.17) is 18.9 Å². The van der Waals surface area contributed by atoms with Crippen molar-refractivity contribution in [3.63, 3.8) is 0 Å². The van der Waals surface area contributed by atoms with Crippen LogP contribution in [-0.4, -0.2) is 89.6 Å². The van der Waals surface area contributed by atoms with E-state index in [9.17, 15) is 25.2 Å². The van der Waals surface area contributed by atoms with Gasteiger partial charge < -0.3 is 39.4 Å². The van der Waals surface area contributed by atoms with Crippen molar-refractivity contribution >= 4 is 5.97 Å². The van der Waals surface area contributed by atoms with Crippen molar-refractivity contribution in [3.8, 4) is 0 Å². The molecule has 0 aromatic rings. The summed E-state index contributed by atoms with van der Waals surface area (Å²) < 4.78 is 22.6. The third-order valence-corrected chi connectivity index (χ3v) is 8.42. The standard InChI is InChI=1S/C41H70O9/c1-3-5-7-9-11-13-15-17-18-19-20-22-24-26-28-30-37(43)49-35(34-48-41-40(46)39(45)38(44)36(32-42)50-41)33-47-31-29-27-25-23-21-16-14-12-10-8-6-4-2/h5,7,10-13,17-18,20,22,35-36,38-42,44-46H,3-4,6,8-9,14-16,19,21,23-34H2,1-2H3/b7-5-,12-10-,13-11-,18-17-,22-20-. The Kier molecular flexibility index (Phi) is 30.1. The summed E-state index contributed by atoms with van der Waals surface area (Å²) in [4.78, 5) is 12.7. The zero-order chi connectivity index (χ0) is 36.5. The van der Waals surface area contributed by atoms with E-state index in [-0.39, 0.29) is 25.6 Å². The van der Waals surface area contributed by atoms with Gasteiger partial charge in [0.2, 0.25) is 0 Å². The molecule has 0 radical (unpaired) electrons. The van der Waals surface area contributed by atoms with Crippen LogP contribution < -0.4 is 0 Å². The molecule has 9 nitrogen and oxygen atoms in total. The van der Waals surface area contributed by atoms with Gasteiger partial charge in [0.25, 0.3) is 0 Å². The number of aliphatic hydroxyl groups is 4. The topological polar surface area (TPSA) is 135 Å². The highest BCUT2D eigenvalue weighted by Crippen LogP contribution is 2.22. The van der Waals surface area contributed by atoms with E-state index >= 15 is 0 Å². The summed E-state index contributed by atoms with van der Waals surface area (Å²) in [5.41, 5.74) is 0. The number of aliphatic hydroxyl groups excluding tert-OH is 4. The number of rotatable bonds is 31. The van der Waals surface area contributed by atoms with Gasteiger partial charge in [-0.25, -0.2) is 0 Å². The van der Waals surface area contributed by atoms with E-state index in [1.807, 2.05) is 0 Å². The molecule has 0 aromatic heterocycles. The second kappa shape index (κ2) is 32.8. The zero-order valence-electron chi connectivity index (χ0n) is 31.1. The second-order valence-corrected chi connectivity index (χ2v) is 13.0. The van der Waals surface area contributed by atoms with Crippen molar-refractivity contribution in [2.24, 2.45) is 0 Å². The fraction of sp³-hybridized carbons (Fsp3) is 0.732. The lowest BCUT2D eigenvalue weighted by Gasteiger charge is -2.39. The molecule has 288 valence electrons. The van der Waals surface area contributed by atoms with E-state index < -0.39 is 43.4 Å². The average Bonchev–Trinajstić information content (AvgIpc) is 3.11. The third kappa shape index (κ3) is 24.1. The predicted molar refractivity (Wildman–Crippen MR) is 201 cm³/mol. The number of ether oxygens (including phenoxy) is 4. The van der Waals surface area contributed by atoms with E-state index in [0.717, 1.165) is 64.2 Å². The van der Waals surface area contributed by atoms with Crippen LogP contribution in [0.4, 0.5) is 0 Å². The number of allylic oxidation sites excluding steroid dienone is 10. The molecule has 0 aromatic carbocycles. The molecule has 0 spiro atoms. The van der Waals surface area contributed by atoms with Crippen molar-refractivity contribution in [2.75, 3.05) is 26.4 Å². The van der Waals surface area contributed by atoms with E-state index in [1.165, 1.54) is 38.5 Å². The lowest BCUT2D eigenvalue weighted by atomic mass is 9.99. The van der Waals surface area contributed by atoms with Gasteiger partial charge >= 0.3 is 5.97 Å². The quantitative estimate of drug-likeness (QED) is 0.0327. The second-order valence-electron chi connectivity index (χ2n) is 13.0. The minimum atomic E-state index is -1.55. The van der Waals surface area contributed by atoms with Gasteiger partial charge in [0.1, 0.15) is 30.5 Å². The summed E-state index contributed by atoms with van der Waals surface area (Å²) in [6.07, 6.45) is 32.5. The number of carbonyl (C=O) groups excluding carboxylic acids is 1. The Balaban J connectivity index is 2.38. The molecule has 1 aliphatic rings. The first-order chi connectivity index (χ1) is 24.4. The Morgan fingerprint density at radius 1 is 0.660 bits per heavy atom. The highest BCUT2D eigenvalue weighted by Gasteiger charge is 2.44. The summed E-state index contributed by atoms with van der Waals surface area (Å²) in [5, 5.41) is 39.9. The largest absolute Gasteiger partial charge is 0.457 e. The maximum absolute atomic E-state index is 12.7. The lowest BCUT2D eigenvalue weighted by molar-refractivity contribution is -0.305. The van der Waals surface area contributed by atoms with E-state index in [1.54, 1.807) is 0 Å². The Morgan fingerprint density at radius 3 is 1.86 bits per heavy atom. The summed E-state index contributed by atoms with van der Waals surface area (Å²) >= 11 is 0. The Morgan fingerprint density at radius 2 is 1.22 bits per heavy atom. The first-order valence-electron chi connectivity index (χ1n) is 19.4. The molecule has 6 unspecified atom stereocenters. The lowest BCUT2D eigenvalue weighted by Crippen LogP contribution is -2.59. The Labute approximate surface area is 303 Å².